The summed E-state index contributed by atoms with van der Waals surface area (Å²) in [6.45, 7) is 0.599. The van der Waals surface area contributed by atoms with Crippen LogP contribution >= 0.6 is 11.6 Å². The van der Waals surface area contributed by atoms with Crippen molar-refractivity contribution < 1.29 is 4.79 Å². The van der Waals surface area contributed by atoms with Gasteiger partial charge in [0.25, 0.3) is 0 Å². The summed E-state index contributed by atoms with van der Waals surface area (Å²) in [5, 5.41) is 8.02. The van der Waals surface area contributed by atoms with Crippen LogP contribution in [0.5, 0.6) is 0 Å². The highest BCUT2D eigenvalue weighted by Crippen LogP contribution is 2.16. The SMILES string of the molecule is O=C(CCc1ccccc1Cl)NCCc1cnn(-c2ccccc2)c1. The standard InChI is InChI=1S/C20H20ClN3O/c21-19-9-5-4-6-17(19)10-11-20(25)22-13-12-16-14-23-24(15-16)18-7-2-1-3-8-18/h1-9,14-15H,10-13H2,(H,22,25). The van der Waals surface area contributed by atoms with Gasteiger partial charge in [-0.1, -0.05) is 48.0 Å². The summed E-state index contributed by atoms with van der Waals surface area (Å²) in [5.74, 6) is 0.0374. The Morgan fingerprint density at radius 1 is 1.04 bits per heavy atom. The molecule has 1 amide bonds. The molecule has 0 atom stereocenters. The molecule has 1 aromatic heterocycles. The van der Waals surface area contributed by atoms with Crippen molar-refractivity contribution in [2.45, 2.75) is 19.3 Å². The minimum atomic E-state index is 0.0374. The number of para-hydroxylation sites is 1. The second-order valence-electron chi connectivity index (χ2n) is 5.82. The molecule has 25 heavy (non-hydrogen) atoms. The maximum Gasteiger partial charge on any atom is 0.220 e. The van der Waals surface area contributed by atoms with Crippen LogP contribution in [0.2, 0.25) is 5.02 Å². The van der Waals surface area contributed by atoms with Crippen molar-refractivity contribution in [1.29, 1.82) is 0 Å². The van der Waals surface area contributed by atoms with E-state index in [2.05, 4.69) is 10.4 Å². The number of hydrogen-bond donors (Lipinski definition) is 1. The quantitative estimate of drug-likeness (QED) is 0.702. The Morgan fingerprint density at radius 3 is 2.60 bits per heavy atom. The summed E-state index contributed by atoms with van der Waals surface area (Å²) in [6.07, 6.45) is 5.67. The molecule has 0 saturated heterocycles. The molecule has 2 aromatic carbocycles. The van der Waals surface area contributed by atoms with Gasteiger partial charge in [-0.2, -0.15) is 5.10 Å². The minimum absolute atomic E-state index is 0.0374. The molecule has 0 fully saturated rings. The van der Waals surface area contributed by atoms with Crippen LogP contribution in [0.25, 0.3) is 5.69 Å². The van der Waals surface area contributed by atoms with Crippen LogP contribution in [0.1, 0.15) is 17.5 Å². The summed E-state index contributed by atoms with van der Waals surface area (Å²) in [4.78, 5) is 12.0. The number of aromatic nitrogens is 2. The molecule has 5 heteroatoms. The Kier molecular flexibility index (Phi) is 5.86. The fourth-order valence-corrected chi connectivity index (χ4v) is 2.83. The molecule has 0 unspecified atom stereocenters. The lowest BCUT2D eigenvalue weighted by atomic mass is 10.1. The van der Waals surface area contributed by atoms with Crippen molar-refractivity contribution in [3.8, 4) is 5.69 Å². The van der Waals surface area contributed by atoms with Crippen LogP contribution in [0.15, 0.2) is 67.0 Å². The van der Waals surface area contributed by atoms with Crippen molar-refractivity contribution in [3.63, 3.8) is 0 Å². The molecule has 0 aliphatic heterocycles. The van der Waals surface area contributed by atoms with Gasteiger partial charge in [-0.3, -0.25) is 4.79 Å². The van der Waals surface area contributed by atoms with Crippen molar-refractivity contribution in [1.82, 2.24) is 15.1 Å². The van der Waals surface area contributed by atoms with E-state index in [1.807, 2.05) is 71.7 Å². The topological polar surface area (TPSA) is 46.9 Å². The van der Waals surface area contributed by atoms with Gasteiger partial charge in [-0.05, 0) is 42.2 Å². The van der Waals surface area contributed by atoms with Gasteiger partial charge in [0, 0.05) is 24.2 Å². The average Bonchev–Trinajstić information content (AvgIpc) is 3.11. The molecule has 0 saturated carbocycles. The average molecular weight is 354 g/mol. The van der Waals surface area contributed by atoms with Gasteiger partial charge in [-0.15, -0.1) is 0 Å². The van der Waals surface area contributed by atoms with E-state index in [0.717, 1.165) is 23.2 Å². The van der Waals surface area contributed by atoms with E-state index in [-0.39, 0.29) is 5.91 Å². The molecule has 0 aliphatic rings. The van der Waals surface area contributed by atoms with Crippen LogP contribution in [-0.2, 0) is 17.6 Å². The first kappa shape index (κ1) is 17.2. The first-order valence-corrected chi connectivity index (χ1v) is 8.69. The lowest BCUT2D eigenvalue weighted by Crippen LogP contribution is -2.25. The lowest BCUT2D eigenvalue weighted by Gasteiger charge is -2.05. The summed E-state index contributed by atoms with van der Waals surface area (Å²) in [5.41, 5.74) is 3.12. The number of carbonyl (C=O) groups excluding carboxylic acids is 1. The number of nitrogens with one attached hydrogen (secondary N) is 1. The predicted octanol–water partition coefficient (Wildman–Crippen LogP) is 3.82. The molecule has 0 aliphatic carbocycles. The Labute approximate surface area is 152 Å². The third-order valence-corrected chi connectivity index (χ3v) is 4.34. The molecule has 3 aromatic rings. The third-order valence-electron chi connectivity index (χ3n) is 3.97. The van der Waals surface area contributed by atoms with E-state index >= 15 is 0 Å². The number of benzene rings is 2. The maximum atomic E-state index is 12.0. The number of amides is 1. The summed E-state index contributed by atoms with van der Waals surface area (Å²) in [7, 11) is 0. The molecule has 3 rings (SSSR count). The molecule has 1 N–H and O–H groups in total. The zero-order chi connectivity index (χ0) is 17.5. The summed E-state index contributed by atoms with van der Waals surface area (Å²) >= 11 is 6.10. The Morgan fingerprint density at radius 2 is 1.80 bits per heavy atom. The van der Waals surface area contributed by atoms with Gasteiger partial charge < -0.3 is 5.32 Å². The molecule has 4 nitrogen and oxygen atoms in total. The van der Waals surface area contributed by atoms with Gasteiger partial charge in [0.05, 0.1) is 11.9 Å². The second-order valence-corrected chi connectivity index (χ2v) is 6.23. The predicted molar refractivity (Wildman–Crippen MR) is 100 cm³/mol. The highest BCUT2D eigenvalue weighted by atomic mass is 35.5. The fourth-order valence-electron chi connectivity index (χ4n) is 2.60. The zero-order valence-electron chi connectivity index (χ0n) is 13.9. The molecule has 1 heterocycles. The molecule has 128 valence electrons. The molecule has 0 spiro atoms. The zero-order valence-corrected chi connectivity index (χ0v) is 14.6. The monoisotopic (exact) mass is 353 g/mol. The number of aryl methyl sites for hydroxylation is 1. The summed E-state index contributed by atoms with van der Waals surface area (Å²) in [6, 6.07) is 17.6. The van der Waals surface area contributed by atoms with Crippen LogP contribution in [0.3, 0.4) is 0 Å². The van der Waals surface area contributed by atoms with Crippen LogP contribution in [0, 0.1) is 0 Å². The number of nitrogens with zero attached hydrogens (tertiary/aromatic N) is 2. The number of carbonyl (C=O) groups is 1. The first-order valence-electron chi connectivity index (χ1n) is 8.31. The Bertz CT molecular complexity index is 830. The van der Waals surface area contributed by atoms with Crippen LogP contribution in [-0.4, -0.2) is 22.2 Å². The van der Waals surface area contributed by atoms with Crippen molar-refractivity contribution in [2.75, 3.05) is 6.54 Å². The van der Waals surface area contributed by atoms with Gasteiger partial charge >= 0.3 is 0 Å². The summed E-state index contributed by atoms with van der Waals surface area (Å²) < 4.78 is 1.84. The Hall–Kier alpha value is -2.59. The number of hydrogen-bond acceptors (Lipinski definition) is 2. The highest BCUT2D eigenvalue weighted by molar-refractivity contribution is 6.31. The number of halogens is 1. The van der Waals surface area contributed by atoms with E-state index in [1.165, 1.54) is 0 Å². The van der Waals surface area contributed by atoms with Gasteiger partial charge in [0.15, 0.2) is 0 Å². The van der Waals surface area contributed by atoms with Gasteiger partial charge in [-0.25, -0.2) is 4.68 Å². The Balaban J connectivity index is 1.43. The van der Waals surface area contributed by atoms with Crippen molar-refractivity contribution in [2.24, 2.45) is 0 Å². The van der Waals surface area contributed by atoms with Crippen molar-refractivity contribution >= 4 is 17.5 Å². The first-order chi connectivity index (χ1) is 12.2. The van der Waals surface area contributed by atoms with Crippen molar-refractivity contribution in [3.05, 3.63) is 83.1 Å². The van der Waals surface area contributed by atoms with Crippen LogP contribution < -0.4 is 5.32 Å². The minimum Gasteiger partial charge on any atom is -0.356 e. The largest absolute Gasteiger partial charge is 0.356 e. The van der Waals surface area contributed by atoms with E-state index in [1.54, 1.807) is 0 Å². The normalized spacial score (nSPS) is 10.6. The van der Waals surface area contributed by atoms with E-state index in [4.69, 9.17) is 11.6 Å². The van der Waals surface area contributed by atoms with E-state index in [0.29, 0.717) is 24.4 Å². The fraction of sp³-hybridized carbons (Fsp3) is 0.200. The third kappa shape index (κ3) is 4.94. The number of rotatable bonds is 7. The lowest BCUT2D eigenvalue weighted by molar-refractivity contribution is -0.121. The van der Waals surface area contributed by atoms with E-state index < -0.39 is 0 Å². The molecular formula is C20H20ClN3O. The van der Waals surface area contributed by atoms with E-state index in [9.17, 15) is 4.79 Å². The van der Waals surface area contributed by atoms with Gasteiger partial charge in [0.2, 0.25) is 5.91 Å². The van der Waals surface area contributed by atoms with Crippen LogP contribution in [0.4, 0.5) is 0 Å². The highest BCUT2D eigenvalue weighted by Gasteiger charge is 2.05. The molecule has 0 radical (unpaired) electrons. The maximum absolute atomic E-state index is 12.0. The smallest absolute Gasteiger partial charge is 0.220 e. The second kappa shape index (κ2) is 8.49. The molecular weight excluding hydrogens is 334 g/mol. The molecule has 0 bridgehead atoms. The van der Waals surface area contributed by atoms with Gasteiger partial charge in [0.1, 0.15) is 0 Å².